The average molecular weight is 211 g/mol. The van der Waals surface area contributed by atoms with Crippen molar-refractivity contribution in [1.82, 2.24) is 0 Å². The predicted molar refractivity (Wildman–Crippen MR) is 68.7 cm³/mol. The molecule has 1 aliphatic rings. The first kappa shape index (κ1) is 14.1. The summed E-state index contributed by atoms with van der Waals surface area (Å²) < 4.78 is 0. The SMILES string of the molecule is C=CC1=C/C(C)CC[C@H](N)C/C=C\1.CO.[HH]. The number of aliphatic hydroxyl groups is 1. The molecule has 0 heterocycles. The number of hydrogen-bond donors (Lipinski definition) is 2. The van der Waals surface area contributed by atoms with E-state index in [9.17, 15) is 0 Å². The van der Waals surface area contributed by atoms with E-state index in [-0.39, 0.29) is 1.43 Å². The van der Waals surface area contributed by atoms with E-state index in [2.05, 4.69) is 31.7 Å². The summed E-state index contributed by atoms with van der Waals surface area (Å²) in [6, 6.07) is 0.330. The third-order valence-corrected chi connectivity index (χ3v) is 2.45. The van der Waals surface area contributed by atoms with Crippen molar-refractivity contribution < 1.29 is 6.53 Å². The Balaban J connectivity index is 0. The molecule has 0 fully saturated rings. The minimum atomic E-state index is 0. The first-order valence-electron chi connectivity index (χ1n) is 5.43. The van der Waals surface area contributed by atoms with Crippen LogP contribution >= 0.6 is 0 Å². The maximum Gasteiger partial charge on any atom is 0.0319 e. The molecule has 2 nitrogen and oxygen atoms in total. The summed E-state index contributed by atoms with van der Waals surface area (Å²) >= 11 is 0. The molecule has 3 N–H and O–H groups in total. The van der Waals surface area contributed by atoms with E-state index >= 15 is 0 Å². The molecule has 0 amide bonds. The second-order valence-electron chi connectivity index (χ2n) is 3.82. The van der Waals surface area contributed by atoms with Gasteiger partial charge < -0.3 is 10.8 Å². The van der Waals surface area contributed by atoms with Crippen LogP contribution in [-0.2, 0) is 0 Å². The molecule has 0 spiro atoms. The van der Waals surface area contributed by atoms with Crippen molar-refractivity contribution in [3.63, 3.8) is 0 Å². The van der Waals surface area contributed by atoms with Crippen LogP contribution in [0.1, 0.15) is 27.6 Å². The molecule has 1 unspecified atom stereocenters. The fourth-order valence-corrected chi connectivity index (χ4v) is 1.58. The van der Waals surface area contributed by atoms with E-state index in [1.807, 2.05) is 6.08 Å². The van der Waals surface area contributed by atoms with Gasteiger partial charge in [0.15, 0.2) is 0 Å². The first-order valence-corrected chi connectivity index (χ1v) is 5.43. The van der Waals surface area contributed by atoms with E-state index in [1.54, 1.807) is 0 Å². The Morgan fingerprint density at radius 2 is 2.20 bits per heavy atom. The van der Waals surface area contributed by atoms with Crippen LogP contribution in [0.5, 0.6) is 0 Å². The Morgan fingerprint density at radius 1 is 1.53 bits per heavy atom. The van der Waals surface area contributed by atoms with Crippen molar-refractivity contribution in [2.45, 2.75) is 32.2 Å². The lowest BCUT2D eigenvalue weighted by molar-refractivity contribution is 0.399. The molecule has 2 atom stereocenters. The van der Waals surface area contributed by atoms with Gasteiger partial charge in [0.25, 0.3) is 0 Å². The van der Waals surface area contributed by atoms with Crippen molar-refractivity contribution in [3.05, 3.63) is 36.5 Å². The predicted octanol–water partition coefficient (Wildman–Crippen LogP) is 2.66. The number of hydrogen-bond acceptors (Lipinski definition) is 2. The van der Waals surface area contributed by atoms with Gasteiger partial charge in [-0.05, 0) is 30.8 Å². The summed E-state index contributed by atoms with van der Waals surface area (Å²) in [5, 5.41) is 7.00. The molecular formula is C13H25NO. The molecule has 0 saturated carbocycles. The highest BCUT2D eigenvalue weighted by molar-refractivity contribution is 5.29. The molecule has 0 saturated heterocycles. The highest BCUT2D eigenvalue weighted by Gasteiger charge is 2.06. The highest BCUT2D eigenvalue weighted by atomic mass is 16.2. The fourth-order valence-electron chi connectivity index (χ4n) is 1.58. The number of allylic oxidation sites excluding steroid dienone is 4. The summed E-state index contributed by atoms with van der Waals surface area (Å²) in [5.74, 6) is 0.613. The molecule has 1 aliphatic carbocycles. The molecule has 15 heavy (non-hydrogen) atoms. The van der Waals surface area contributed by atoms with Crippen molar-refractivity contribution in [3.8, 4) is 0 Å². The lowest BCUT2D eigenvalue weighted by Gasteiger charge is -2.10. The Morgan fingerprint density at radius 3 is 2.80 bits per heavy atom. The monoisotopic (exact) mass is 211 g/mol. The third-order valence-electron chi connectivity index (χ3n) is 2.45. The zero-order chi connectivity index (χ0) is 11.7. The van der Waals surface area contributed by atoms with E-state index in [4.69, 9.17) is 10.8 Å². The molecule has 0 aromatic carbocycles. The molecular weight excluding hydrogens is 186 g/mol. The van der Waals surface area contributed by atoms with Crippen LogP contribution in [0, 0.1) is 5.92 Å². The summed E-state index contributed by atoms with van der Waals surface area (Å²) in [5.41, 5.74) is 7.15. The van der Waals surface area contributed by atoms with E-state index in [0.29, 0.717) is 12.0 Å². The van der Waals surface area contributed by atoms with Crippen molar-refractivity contribution in [2.24, 2.45) is 11.7 Å². The maximum atomic E-state index is 7.00. The largest absolute Gasteiger partial charge is 0.400 e. The van der Waals surface area contributed by atoms with Gasteiger partial charge in [-0.15, -0.1) is 0 Å². The van der Waals surface area contributed by atoms with Crippen LogP contribution in [0.3, 0.4) is 0 Å². The lowest BCUT2D eigenvalue weighted by atomic mass is 10.00. The number of nitrogens with two attached hydrogens (primary N) is 1. The molecule has 0 radical (unpaired) electrons. The molecule has 1 rings (SSSR count). The second-order valence-corrected chi connectivity index (χ2v) is 3.82. The fraction of sp³-hybridized carbons (Fsp3) is 0.538. The van der Waals surface area contributed by atoms with Gasteiger partial charge in [-0.1, -0.05) is 37.8 Å². The minimum absolute atomic E-state index is 0. The molecule has 0 aliphatic heterocycles. The Bertz CT molecular complexity index is 236. The quantitative estimate of drug-likeness (QED) is 0.700. The molecule has 2 heteroatoms. The topological polar surface area (TPSA) is 46.2 Å². The van der Waals surface area contributed by atoms with Crippen LogP contribution in [-0.4, -0.2) is 18.3 Å². The lowest BCUT2D eigenvalue weighted by Crippen LogP contribution is -2.19. The summed E-state index contributed by atoms with van der Waals surface area (Å²) in [6.45, 7) is 6.02. The van der Waals surface area contributed by atoms with Gasteiger partial charge in [0, 0.05) is 14.6 Å². The van der Waals surface area contributed by atoms with Crippen LogP contribution in [0.15, 0.2) is 36.5 Å². The maximum absolute atomic E-state index is 7.00. The van der Waals surface area contributed by atoms with Crippen LogP contribution in [0.25, 0.3) is 0 Å². The highest BCUT2D eigenvalue weighted by Crippen LogP contribution is 2.16. The van der Waals surface area contributed by atoms with Crippen LogP contribution < -0.4 is 5.73 Å². The van der Waals surface area contributed by atoms with E-state index in [1.165, 1.54) is 12.0 Å². The van der Waals surface area contributed by atoms with E-state index < -0.39 is 0 Å². The molecule has 0 bridgehead atoms. The van der Waals surface area contributed by atoms with Crippen molar-refractivity contribution in [2.75, 3.05) is 7.11 Å². The molecule has 88 valence electrons. The van der Waals surface area contributed by atoms with Crippen LogP contribution in [0.2, 0.25) is 0 Å². The normalized spacial score (nSPS) is 31.9. The second kappa shape index (κ2) is 8.45. The zero-order valence-corrected chi connectivity index (χ0v) is 9.82. The Labute approximate surface area is 94.7 Å². The van der Waals surface area contributed by atoms with Gasteiger partial charge in [0.05, 0.1) is 0 Å². The minimum Gasteiger partial charge on any atom is -0.400 e. The summed E-state index contributed by atoms with van der Waals surface area (Å²) in [6.07, 6.45) is 11.7. The van der Waals surface area contributed by atoms with Gasteiger partial charge in [0.1, 0.15) is 0 Å². The summed E-state index contributed by atoms with van der Waals surface area (Å²) in [7, 11) is 1.00. The van der Waals surface area contributed by atoms with Crippen LogP contribution in [0.4, 0.5) is 0 Å². The average Bonchev–Trinajstić information content (AvgIpc) is 2.34. The van der Waals surface area contributed by atoms with Crippen molar-refractivity contribution >= 4 is 0 Å². The van der Waals surface area contributed by atoms with Gasteiger partial charge in [-0.2, -0.15) is 0 Å². The van der Waals surface area contributed by atoms with Gasteiger partial charge in [-0.25, -0.2) is 0 Å². The Hall–Kier alpha value is -0.860. The van der Waals surface area contributed by atoms with Gasteiger partial charge >= 0.3 is 0 Å². The first-order chi connectivity index (χ1) is 7.22. The zero-order valence-electron chi connectivity index (χ0n) is 9.82. The summed E-state index contributed by atoms with van der Waals surface area (Å²) in [4.78, 5) is 0. The van der Waals surface area contributed by atoms with Gasteiger partial charge in [-0.3, -0.25) is 0 Å². The third kappa shape index (κ3) is 6.26. The van der Waals surface area contributed by atoms with Gasteiger partial charge in [0.2, 0.25) is 0 Å². The Kier molecular flexibility index (Phi) is 7.96. The smallest absolute Gasteiger partial charge is 0.0319 e. The number of aliphatic hydroxyl groups excluding tert-OH is 1. The molecule has 0 aromatic heterocycles. The van der Waals surface area contributed by atoms with E-state index in [0.717, 1.165) is 20.0 Å². The standard InChI is InChI=1S/C12H19N.CH4O.H2/c1-3-11-5-4-6-12(13)8-7-10(2)9-11;1-2;/h3-5,9-10,12H,1,6-8,13H2,2H3;2H,1H3;1H/b5-4-,11-9-;;/t10?,12-;;/m1../s1. The van der Waals surface area contributed by atoms with Crippen molar-refractivity contribution in [1.29, 1.82) is 0 Å². The molecule has 0 aromatic rings. The number of rotatable bonds is 1.